The fourth-order valence-corrected chi connectivity index (χ4v) is 3.41. The number of carbonyl (C=O) groups excluding carboxylic acids is 2. The predicted octanol–water partition coefficient (Wildman–Crippen LogP) is 0.537. The highest BCUT2D eigenvalue weighted by molar-refractivity contribution is 5.86. The molecule has 2 aliphatic rings. The van der Waals surface area contributed by atoms with E-state index in [1.807, 2.05) is 20.8 Å². The third kappa shape index (κ3) is 4.35. The van der Waals surface area contributed by atoms with E-state index < -0.39 is 11.1 Å². The molecule has 2 heterocycles. The Kier molecular flexibility index (Phi) is 5.52. The summed E-state index contributed by atoms with van der Waals surface area (Å²) in [7, 11) is 0. The average Bonchev–Trinajstić information content (AvgIpc) is 2.74. The Bertz CT molecular complexity index is 441. The number of nitrogens with two attached hydrogens (primary N) is 1. The van der Waals surface area contributed by atoms with Gasteiger partial charge in [-0.2, -0.15) is 0 Å². The number of primary amides is 1. The summed E-state index contributed by atoms with van der Waals surface area (Å²) in [5.41, 5.74) is 4.47. The molecule has 0 saturated carbocycles. The lowest BCUT2D eigenvalue weighted by atomic mass is 9.86. The van der Waals surface area contributed by atoms with Crippen LogP contribution in [0.2, 0.25) is 0 Å². The number of rotatable bonds is 2. The van der Waals surface area contributed by atoms with Crippen LogP contribution >= 0.6 is 0 Å². The third-order valence-electron chi connectivity index (χ3n) is 4.53. The van der Waals surface area contributed by atoms with Crippen molar-refractivity contribution in [1.29, 1.82) is 0 Å². The normalized spacial score (nSPS) is 27.3. The minimum atomic E-state index is -0.777. The summed E-state index contributed by atoms with van der Waals surface area (Å²) in [5, 5.41) is 3.34. The maximum Gasteiger partial charge on any atom is 0.410 e. The Balaban J connectivity index is 2.16. The van der Waals surface area contributed by atoms with Crippen molar-refractivity contribution in [3.8, 4) is 0 Å². The Hall–Kier alpha value is -1.34. The van der Waals surface area contributed by atoms with Crippen LogP contribution in [0, 0.1) is 0 Å². The van der Waals surface area contributed by atoms with Gasteiger partial charge in [0.15, 0.2) is 0 Å². The molecular weight excluding hydrogens is 296 g/mol. The molecule has 1 unspecified atom stereocenters. The molecule has 2 amide bonds. The van der Waals surface area contributed by atoms with Gasteiger partial charge in [0.1, 0.15) is 11.1 Å². The molecule has 23 heavy (non-hydrogen) atoms. The van der Waals surface area contributed by atoms with Gasteiger partial charge in [-0.25, -0.2) is 4.79 Å². The lowest BCUT2D eigenvalue weighted by Crippen LogP contribution is -2.66. The molecule has 7 nitrogen and oxygen atoms in total. The maximum absolute atomic E-state index is 12.4. The van der Waals surface area contributed by atoms with Crippen LogP contribution in [-0.2, 0) is 9.53 Å². The van der Waals surface area contributed by atoms with Crippen molar-refractivity contribution < 1.29 is 14.3 Å². The first-order valence-corrected chi connectivity index (χ1v) is 8.48. The Labute approximate surface area is 138 Å². The van der Waals surface area contributed by atoms with Gasteiger partial charge in [0.05, 0.1) is 6.54 Å². The van der Waals surface area contributed by atoms with Crippen molar-refractivity contribution in [1.82, 2.24) is 15.1 Å². The summed E-state index contributed by atoms with van der Waals surface area (Å²) >= 11 is 0. The second-order valence-electron chi connectivity index (χ2n) is 7.49. The van der Waals surface area contributed by atoms with E-state index in [4.69, 9.17) is 10.5 Å². The zero-order chi connectivity index (χ0) is 17.1. The Morgan fingerprint density at radius 1 is 1.13 bits per heavy atom. The van der Waals surface area contributed by atoms with Crippen LogP contribution in [0.15, 0.2) is 0 Å². The van der Waals surface area contributed by atoms with Crippen LogP contribution < -0.4 is 11.1 Å². The van der Waals surface area contributed by atoms with Crippen molar-refractivity contribution in [3.63, 3.8) is 0 Å². The molecule has 2 fully saturated rings. The van der Waals surface area contributed by atoms with Crippen LogP contribution in [0.3, 0.4) is 0 Å². The quantitative estimate of drug-likeness (QED) is 0.773. The van der Waals surface area contributed by atoms with Gasteiger partial charge in [-0.1, -0.05) is 0 Å². The topological polar surface area (TPSA) is 87.9 Å². The first-order chi connectivity index (χ1) is 10.7. The fourth-order valence-electron chi connectivity index (χ4n) is 3.41. The van der Waals surface area contributed by atoms with Gasteiger partial charge < -0.3 is 20.7 Å². The molecule has 2 saturated heterocycles. The number of hydrogen-bond acceptors (Lipinski definition) is 5. The molecule has 0 radical (unpaired) electrons. The van der Waals surface area contributed by atoms with Crippen LogP contribution in [0.1, 0.15) is 40.0 Å². The molecule has 0 aromatic heterocycles. The van der Waals surface area contributed by atoms with Crippen LogP contribution in [0.25, 0.3) is 0 Å². The molecule has 0 bridgehead atoms. The number of hydrogen-bond donors (Lipinski definition) is 2. The van der Waals surface area contributed by atoms with Crippen LogP contribution in [0.4, 0.5) is 4.79 Å². The van der Waals surface area contributed by atoms with Crippen molar-refractivity contribution in [2.45, 2.75) is 51.2 Å². The monoisotopic (exact) mass is 326 g/mol. The molecule has 2 rings (SSSR count). The number of nitrogens with zero attached hydrogens (tertiary/aromatic N) is 2. The van der Waals surface area contributed by atoms with Crippen molar-refractivity contribution in [2.75, 3.05) is 39.3 Å². The largest absolute Gasteiger partial charge is 0.444 e. The average molecular weight is 326 g/mol. The molecule has 0 spiro atoms. The zero-order valence-corrected chi connectivity index (χ0v) is 14.6. The highest BCUT2D eigenvalue weighted by Gasteiger charge is 2.47. The second kappa shape index (κ2) is 7.05. The predicted molar refractivity (Wildman–Crippen MR) is 88.0 cm³/mol. The van der Waals surface area contributed by atoms with E-state index in [-0.39, 0.29) is 12.0 Å². The fraction of sp³-hybridized carbons (Fsp3) is 0.875. The van der Waals surface area contributed by atoms with E-state index in [9.17, 15) is 9.59 Å². The minimum Gasteiger partial charge on any atom is -0.444 e. The van der Waals surface area contributed by atoms with Crippen molar-refractivity contribution >= 4 is 12.0 Å². The Morgan fingerprint density at radius 3 is 2.52 bits per heavy atom. The van der Waals surface area contributed by atoms with Gasteiger partial charge in [0.25, 0.3) is 0 Å². The van der Waals surface area contributed by atoms with E-state index in [1.54, 1.807) is 4.90 Å². The summed E-state index contributed by atoms with van der Waals surface area (Å²) in [5.74, 6) is -0.340. The number of likely N-dealkylation sites (tertiary alicyclic amines) is 1. The van der Waals surface area contributed by atoms with Crippen molar-refractivity contribution in [2.24, 2.45) is 5.73 Å². The summed E-state index contributed by atoms with van der Waals surface area (Å²) in [4.78, 5) is 28.5. The van der Waals surface area contributed by atoms with Gasteiger partial charge in [-0.05, 0) is 46.6 Å². The van der Waals surface area contributed by atoms with Crippen LogP contribution in [0.5, 0.6) is 0 Å². The van der Waals surface area contributed by atoms with Crippen molar-refractivity contribution in [3.05, 3.63) is 0 Å². The van der Waals surface area contributed by atoms with E-state index in [0.29, 0.717) is 19.5 Å². The molecule has 0 aromatic rings. The standard InChI is InChI=1S/C16H30N4O3/c1-15(2,3)23-14(22)19-9-4-6-16(12-19,13(17)21)20-10-5-7-18-8-11-20/h18H,4-12H2,1-3H3,(H2,17,21). The highest BCUT2D eigenvalue weighted by atomic mass is 16.6. The Morgan fingerprint density at radius 2 is 1.87 bits per heavy atom. The van der Waals surface area contributed by atoms with Crippen LogP contribution in [-0.4, -0.2) is 72.2 Å². The molecule has 0 aliphatic carbocycles. The molecule has 0 aromatic carbocycles. The van der Waals surface area contributed by atoms with Gasteiger partial charge in [0.2, 0.25) is 5.91 Å². The number of piperidine rings is 1. The smallest absolute Gasteiger partial charge is 0.410 e. The summed E-state index contributed by atoms with van der Waals surface area (Å²) in [6.07, 6.45) is 2.06. The molecule has 2 aliphatic heterocycles. The number of carbonyl (C=O) groups is 2. The van der Waals surface area contributed by atoms with Gasteiger partial charge in [-0.15, -0.1) is 0 Å². The number of nitrogens with one attached hydrogen (secondary N) is 1. The third-order valence-corrected chi connectivity index (χ3v) is 4.53. The van der Waals surface area contributed by atoms with E-state index in [2.05, 4.69) is 10.2 Å². The molecule has 7 heteroatoms. The van der Waals surface area contributed by atoms with Gasteiger partial charge in [-0.3, -0.25) is 9.69 Å². The molecule has 132 valence electrons. The molecular formula is C16H30N4O3. The highest BCUT2D eigenvalue weighted by Crippen LogP contribution is 2.29. The summed E-state index contributed by atoms with van der Waals surface area (Å²) in [6.45, 7) is 9.82. The SMILES string of the molecule is CC(C)(C)OC(=O)N1CCCC(C(N)=O)(N2CCCNCC2)C1. The summed E-state index contributed by atoms with van der Waals surface area (Å²) in [6, 6.07) is 0. The maximum atomic E-state index is 12.4. The van der Waals surface area contributed by atoms with Gasteiger partial charge in [0, 0.05) is 26.2 Å². The second-order valence-corrected chi connectivity index (χ2v) is 7.49. The lowest BCUT2D eigenvalue weighted by Gasteiger charge is -2.47. The van der Waals surface area contributed by atoms with E-state index in [0.717, 1.165) is 39.0 Å². The zero-order valence-electron chi connectivity index (χ0n) is 14.6. The van der Waals surface area contributed by atoms with Gasteiger partial charge >= 0.3 is 6.09 Å². The minimum absolute atomic E-state index is 0.317. The number of ether oxygens (including phenoxy) is 1. The molecule has 3 N–H and O–H groups in total. The lowest BCUT2D eigenvalue weighted by molar-refractivity contribution is -0.134. The van der Waals surface area contributed by atoms with E-state index in [1.165, 1.54) is 0 Å². The van der Waals surface area contributed by atoms with E-state index >= 15 is 0 Å². The molecule has 1 atom stereocenters. The first kappa shape index (κ1) is 18.0. The summed E-state index contributed by atoms with van der Waals surface area (Å²) < 4.78 is 5.47. The first-order valence-electron chi connectivity index (χ1n) is 8.48. The number of amides is 2.